The van der Waals surface area contributed by atoms with Gasteiger partial charge in [-0.05, 0) is 0 Å². The van der Waals surface area contributed by atoms with Crippen molar-refractivity contribution in [1.29, 1.82) is 0 Å². The number of aromatic nitrogens is 2. The molecule has 0 radical (unpaired) electrons. The van der Waals surface area contributed by atoms with E-state index in [9.17, 15) is 9.59 Å². The van der Waals surface area contributed by atoms with Crippen molar-refractivity contribution in [3.8, 4) is 0 Å². The molecule has 1 rings (SSSR count). The quantitative estimate of drug-likeness (QED) is 0.310. The zero-order chi connectivity index (χ0) is 13.5. The van der Waals surface area contributed by atoms with E-state index in [0.717, 1.165) is 0 Å². The molecule has 1 aromatic heterocycles. The monoisotopic (exact) mass is 253 g/mol. The lowest BCUT2D eigenvalue weighted by Gasteiger charge is -2.18. The zero-order valence-corrected chi connectivity index (χ0v) is 9.67. The average molecular weight is 253 g/mol. The van der Waals surface area contributed by atoms with E-state index in [4.69, 9.17) is 17.3 Å². The summed E-state index contributed by atoms with van der Waals surface area (Å²) in [6.45, 7) is 0.0761. The summed E-state index contributed by atoms with van der Waals surface area (Å²) in [5.74, 6) is 4.46. The number of amides is 2. The molecule has 9 heteroatoms. The molecule has 0 atom stereocenters. The maximum absolute atomic E-state index is 10.8. The van der Waals surface area contributed by atoms with Crippen LogP contribution in [0.5, 0.6) is 0 Å². The molecule has 0 saturated carbocycles. The third-order valence-corrected chi connectivity index (χ3v) is 2.00. The van der Waals surface area contributed by atoms with Crippen molar-refractivity contribution in [3.05, 3.63) is 18.1 Å². The van der Waals surface area contributed by atoms with Gasteiger partial charge in [-0.1, -0.05) is 0 Å². The van der Waals surface area contributed by atoms with Crippen molar-refractivity contribution in [3.63, 3.8) is 0 Å². The second-order valence-electron chi connectivity index (χ2n) is 3.62. The van der Waals surface area contributed by atoms with E-state index in [-0.39, 0.29) is 19.6 Å². The number of nitrogens with zero attached hydrogens (tertiary/aromatic N) is 3. The molecule has 1 heterocycles. The smallest absolute Gasteiger partial charge is 0.231 e. The Labute approximate surface area is 103 Å². The first-order valence-electron chi connectivity index (χ1n) is 5.07. The number of primary amides is 2. The lowest BCUT2D eigenvalue weighted by Crippen LogP contribution is -2.39. The Hall–Kier alpha value is -2.26. The lowest BCUT2D eigenvalue weighted by atomic mass is 10.3. The van der Waals surface area contributed by atoms with Gasteiger partial charge in [-0.25, -0.2) is 10.8 Å². The summed E-state index contributed by atoms with van der Waals surface area (Å²) in [6.07, 6.45) is 2.91. The minimum Gasteiger partial charge on any atom is -0.369 e. The SMILES string of the molecule is NNc1cnc(CN(CC(N)=O)CC(N)=O)cn1. The van der Waals surface area contributed by atoms with Gasteiger partial charge in [-0.15, -0.1) is 0 Å². The van der Waals surface area contributed by atoms with E-state index in [2.05, 4.69) is 15.4 Å². The molecule has 98 valence electrons. The fraction of sp³-hybridized carbons (Fsp3) is 0.333. The van der Waals surface area contributed by atoms with Gasteiger partial charge in [-0.3, -0.25) is 19.5 Å². The summed E-state index contributed by atoms with van der Waals surface area (Å²) in [4.78, 5) is 31.2. The molecule has 0 bridgehead atoms. The van der Waals surface area contributed by atoms with Crippen LogP contribution in [0, 0.1) is 0 Å². The number of hydrazine groups is 1. The van der Waals surface area contributed by atoms with E-state index < -0.39 is 11.8 Å². The van der Waals surface area contributed by atoms with Crippen LogP contribution in [-0.4, -0.2) is 39.8 Å². The highest BCUT2D eigenvalue weighted by molar-refractivity contribution is 5.79. The van der Waals surface area contributed by atoms with Crippen molar-refractivity contribution in [1.82, 2.24) is 14.9 Å². The molecular weight excluding hydrogens is 238 g/mol. The maximum atomic E-state index is 10.8. The van der Waals surface area contributed by atoms with Crippen LogP contribution < -0.4 is 22.7 Å². The van der Waals surface area contributed by atoms with Gasteiger partial charge in [0.15, 0.2) is 5.82 Å². The van der Waals surface area contributed by atoms with E-state index in [0.29, 0.717) is 11.5 Å². The van der Waals surface area contributed by atoms with E-state index in [1.54, 1.807) is 0 Å². The summed E-state index contributed by atoms with van der Waals surface area (Å²) in [5.41, 5.74) is 13.0. The van der Waals surface area contributed by atoms with Crippen LogP contribution >= 0.6 is 0 Å². The fourth-order valence-electron chi connectivity index (χ4n) is 1.35. The summed E-state index contributed by atoms with van der Waals surface area (Å²) >= 11 is 0. The van der Waals surface area contributed by atoms with Crippen LogP contribution in [0.25, 0.3) is 0 Å². The molecule has 0 aliphatic carbocycles. The third kappa shape index (κ3) is 4.72. The predicted molar refractivity (Wildman–Crippen MR) is 63.5 cm³/mol. The third-order valence-electron chi connectivity index (χ3n) is 2.00. The molecule has 0 aliphatic rings. The van der Waals surface area contributed by atoms with Crippen LogP contribution in [0.15, 0.2) is 12.4 Å². The highest BCUT2D eigenvalue weighted by atomic mass is 16.2. The zero-order valence-electron chi connectivity index (χ0n) is 9.67. The number of hydrogen-bond donors (Lipinski definition) is 4. The number of carbonyl (C=O) groups is 2. The first kappa shape index (κ1) is 13.8. The fourth-order valence-corrected chi connectivity index (χ4v) is 1.35. The maximum Gasteiger partial charge on any atom is 0.231 e. The van der Waals surface area contributed by atoms with Crippen LogP contribution in [0.1, 0.15) is 5.69 Å². The number of nitrogen functional groups attached to an aromatic ring is 1. The average Bonchev–Trinajstić information content (AvgIpc) is 2.28. The number of nitrogens with one attached hydrogen (secondary N) is 1. The van der Waals surface area contributed by atoms with Gasteiger partial charge in [0.1, 0.15) is 0 Å². The number of hydrogen-bond acceptors (Lipinski definition) is 7. The largest absolute Gasteiger partial charge is 0.369 e. The number of rotatable bonds is 7. The van der Waals surface area contributed by atoms with Gasteiger partial charge in [0.25, 0.3) is 0 Å². The number of nitrogens with two attached hydrogens (primary N) is 3. The molecule has 0 aliphatic heterocycles. The normalized spacial score (nSPS) is 10.3. The molecular formula is C9H15N7O2. The Balaban J connectivity index is 2.68. The summed E-state index contributed by atoms with van der Waals surface area (Å²) in [7, 11) is 0. The highest BCUT2D eigenvalue weighted by Crippen LogP contribution is 2.02. The first-order valence-corrected chi connectivity index (χ1v) is 5.07. The minimum atomic E-state index is -0.551. The van der Waals surface area contributed by atoms with Gasteiger partial charge in [0.05, 0.1) is 31.2 Å². The van der Waals surface area contributed by atoms with Gasteiger partial charge in [0.2, 0.25) is 11.8 Å². The Morgan fingerprint density at radius 3 is 2.17 bits per heavy atom. The van der Waals surface area contributed by atoms with Crippen LogP contribution in [-0.2, 0) is 16.1 Å². The molecule has 0 aromatic carbocycles. The predicted octanol–water partition coefficient (Wildman–Crippen LogP) is -2.47. The van der Waals surface area contributed by atoms with Gasteiger partial charge in [-0.2, -0.15) is 0 Å². The van der Waals surface area contributed by atoms with Gasteiger partial charge >= 0.3 is 0 Å². The Kier molecular flexibility index (Phi) is 4.96. The molecule has 0 unspecified atom stereocenters. The topological polar surface area (TPSA) is 153 Å². The van der Waals surface area contributed by atoms with Crippen LogP contribution in [0.3, 0.4) is 0 Å². The van der Waals surface area contributed by atoms with Crippen molar-refractivity contribution < 1.29 is 9.59 Å². The minimum absolute atomic E-state index is 0.0818. The van der Waals surface area contributed by atoms with E-state index in [1.807, 2.05) is 0 Å². The molecule has 2 amide bonds. The number of anilines is 1. The number of carbonyl (C=O) groups excluding carboxylic acids is 2. The molecule has 18 heavy (non-hydrogen) atoms. The second-order valence-corrected chi connectivity index (χ2v) is 3.62. The van der Waals surface area contributed by atoms with Crippen molar-refractivity contribution in [2.24, 2.45) is 17.3 Å². The first-order chi connectivity index (χ1) is 8.51. The summed E-state index contributed by atoms with van der Waals surface area (Å²) < 4.78 is 0. The van der Waals surface area contributed by atoms with Crippen molar-refractivity contribution >= 4 is 17.6 Å². The highest BCUT2D eigenvalue weighted by Gasteiger charge is 2.12. The van der Waals surface area contributed by atoms with Crippen LogP contribution in [0.2, 0.25) is 0 Å². The second kappa shape index (κ2) is 6.47. The van der Waals surface area contributed by atoms with Crippen molar-refractivity contribution in [2.45, 2.75) is 6.54 Å². The summed E-state index contributed by atoms with van der Waals surface area (Å²) in [5, 5.41) is 0. The van der Waals surface area contributed by atoms with Crippen molar-refractivity contribution in [2.75, 3.05) is 18.5 Å². The Bertz CT molecular complexity index is 403. The lowest BCUT2D eigenvalue weighted by molar-refractivity contribution is -0.122. The van der Waals surface area contributed by atoms with E-state index >= 15 is 0 Å². The summed E-state index contributed by atoms with van der Waals surface area (Å²) in [6, 6.07) is 0. The van der Waals surface area contributed by atoms with Crippen LogP contribution in [0.4, 0.5) is 5.82 Å². The Morgan fingerprint density at radius 2 is 1.78 bits per heavy atom. The molecule has 7 N–H and O–H groups in total. The van der Waals surface area contributed by atoms with E-state index in [1.165, 1.54) is 17.3 Å². The standard InChI is InChI=1S/C9H15N7O2/c10-7(17)4-16(5-8(11)18)3-6-1-14-9(15-12)2-13-6/h1-2H,3-5,12H2,(H2,10,17)(H2,11,18)(H,14,15). The molecule has 1 aromatic rings. The molecule has 0 fully saturated rings. The Morgan fingerprint density at radius 1 is 1.17 bits per heavy atom. The van der Waals surface area contributed by atoms with Gasteiger partial charge in [0, 0.05) is 6.54 Å². The molecule has 9 nitrogen and oxygen atoms in total. The molecule has 0 saturated heterocycles. The molecule has 0 spiro atoms. The van der Waals surface area contributed by atoms with Gasteiger partial charge < -0.3 is 16.9 Å².